The minimum Gasteiger partial charge on any atom is -0.441 e. The molecule has 200 valence electrons. The van der Waals surface area contributed by atoms with Gasteiger partial charge in [0.1, 0.15) is 11.6 Å². The maximum absolute atomic E-state index is 12.7. The van der Waals surface area contributed by atoms with E-state index in [0.717, 1.165) is 5.56 Å². The highest BCUT2D eigenvalue weighted by molar-refractivity contribution is 5.91. The Morgan fingerprint density at radius 1 is 1.18 bits per heavy atom. The van der Waals surface area contributed by atoms with Crippen molar-refractivity contribution < 1.29 is 18.7 Å². The van der Waals surface area contributed by atoms with Gasteiger partial charge < -0.3 is 25.5 Å². The normalized spacial score (nSPS) is 12.4. The van der Waals surface area contributed by atoms with Crippen LogP contribution in [0, 0.1) is 0 Å². The molecular weight excluding hydrogens is 488 g/mol. The van der Waals surface area contributed by atoms with E-state index in [9.17, 15) is 9.59 Å². The van der Waals surface area contributed by atoms with Gasteiger partial charge in [0.05, 0.1) is 18.8 Å². The van der Waals surface area contributed by atoms with Crippen LogP contribution in [0.15, 0.2) is 52.9 Å². The molecule has 0 spiro atoms. The van der Waals surface area contributed by atoms with Gasteiger partial charge in [0.25, 0.3) is 0 Å². The summed E-state index contributed by atoms with van der Waals surface area (Å²) in [6.45, 7) is 5.73. The highest BCUT2D eigenvalue weighted by atomic mass is 16.5. The van der Waals surface area contributed by atoms with Crippen LogP contribution in [0.2, 0.25) is 0 Å². The van der Waals surface area contributed by atoms with Crippen LogP contribution in [0.25, 0.3) is 11.1 Å². The number of hydrogen-bond donors (Lipinski definition) is 3. The van der Waals surface area contributed by atoms with Crippen LogP contribution in [-0.4, -0.2) is 49.2 Å². The number of tetrazole rings is 1. The van der Waals surface area contributed by atoms with E-state index in [4.69, 9.17) is 14.9 Å². The molecule has 12 heteroatoms. The van der Waals surface area contributed by atoms with Gasteiger partial charge in [-0.1, -0.05) is 30.3 Å². The zero-order valence-corrected chi connectivity index (χ0v) is 21.7. The molecule has 4 aromatic rings. The molecule has 0 saturated heterocycles. The van der Waals surface area contributed by atoms with Crippen molar-refractivity contribution in [1.82, 2.24) is 30.5 Å². The summed E-state index contributed by atoms with van der Waals surface area (Å²) in [5.41, 5.74) is 7.89. The number of hydrogen-bond acceptors (Lipinski definition) is 9. The predicted octanol–water partition coefficient (Wildman–Crippen LogP) is 2.52. The van der Waals surface area contributed by atoms with Gasteiger partial charge in [-0.15, -0.1) is 5.10 Å². The molecule has 38 heavy (non-hydrogen) atoms. The fraction of sp³-hybridized carbons (Fsp3) is 0.385. The molecule has 4 N–H and O–H groups in total. The number of amides is 2. The molecule has 1 atom stereocenters. The highest BCUT2D eigenvalue weighted by Gasteiger charge is 2.28. The lowest BCUT2D eigenvalue weighted by atomic mass is 10.1. The lowest BCUT2D eigenvalue weighted by Gasteiger charge is -2.23. The molecule has 2 aromatic heterocycles. The monoisotopic (exact) mass is 520 g/mol. The Labute approximate surface area is 219 Å². The van der Waals surface area contributed by atoms with Gasteiger partial charge in [-0.05, 0) is 54.5 Å². The third kappa shape index (κ3) is 7.20. The summed E-state index contributed by atoms with van der Waals surface area (Å²) >= 11 is 0. The van der Waals surface area contributed by atoms with Crippen LogP contribution in [0.5, 0.6) is 0 Å². The maximum Gasteiger partial charge on any atom is 0.240 e. The zero-order chi connectivity index (χ0) is 27.1. The van der Waals surface area contributed by atoms with Crippen LogP contribution < -0.4 is 16.4 Å². The van der Waals surface area contributed by atoms with Crippen molar-refractivity contribution in [3.8, 4) is 0 Å². The first kappa shape index (κ1) is 26.9. The summed E-state index contributed by atoms with van der Waals surface area (Å²) in [5, 5.41) is 17.8. The Kier molecular flexibility index (Phi) is 8.44. The van der Waals surface area contributed by atoms with Gasteiger partial charge in [0.2, 0.25) is 11.8 Å². The molecular formula is C26H32N8O4. The molecule has 2 heterocycles. The van der Waals surface area contributed by atoms with Crippen molar-refractivity contribution in [1.29, 1.82) is 0 Å². The third-order valence-electron chi connectivity index (χ3n) is 5.67. The fourth-order valence-corrected chi connectivity index (χ4v) is 3.76. The number of oxazole rings is 1. The lowest BCUT2D eigenvalue weighted by Crippen LogP contribution is -2.51. The topological polar surface area (TPSA) is 163 Å². The van der Waals surface area contributed by atoms with Crippen molar-refractivity contribution in [2.75, 3.05) is 11.9 Å². The number of fused-ring (bicyclic) bond motifs is 1. The second-order valence-electron chi connectivity index (χ2n) is 9.58. The van der Waals surface area contributed by atoms with E-state index in [1.165, 1.54) is 6.92 Å². The highest BCUT2D eigenvalue weighted by Crippen LogP contribution is 2.21. The first-order valence-electron chi connectivity index (χ1n) is 12.3. The smallest absolute Gasteiger partial charge is 0.240 e. The first-order valence-corrected chi connectivity index (χ1v) is 12.3. The Hall–Kier alpha value is -4.16. The molecule has 0 saturated carbocycles. The van der Waals surface area contributed by atoms with Crippen LogP contribution in [-0.2, 0) is 33.9 Å². The van der Waals surface area contributed by atoms with Gasteiger partial charge in [-0.3, -0.25) is 9.59 Å². The number of anilines is 1. The number of carbonyl (C=O) groups excluding carboxylic acids is 2. The standard InChI is InChI=1S/C26H32N8O4/c1-17(35)28-19-11-12-22-20(14-19)29-23(38-22)10-7-13-34-24(31-32-33-34)21(30-25(36)26(2,3)27)16-37-15-18-8-5-4-6-9-18/h4-6,8-9,11-12,14,21H,7,10,13,15-16,27H2,1-3H3,(H,28,35)(H,30,36)/t21-/m1/s1. The van der Waals surface area contributed by atoms with E-state index in [-0.39, 0.29) is 18.4 Å². The SMILES string of the molecule is CC(=O)Nc1ccc2oc(CCCn3nnnc3[C@@H](COCc3ccccc3)NC(=O)C(C)(C)N)nc2c1. The van der Waals surface area contributed by atoms with Gasteiger partial charge in [0.15, 0.2) is 17.3 Å². The first-order chi connectivity index (χ1) is 18.2. The van der Waals surface area contributed by atoms with E-state index in [0.29, 0.717) is 54.5 Å². The number of nitrogens with one attached hydrogen (secondary N) is 2. The Morgan fingerprint density at radius 3 is 2.71 bits per heavy atom. The molecule has 0 aliphatic heterocycles. The van der Waals surface area contributed by atoms with E-state index >= 15 is 0 Å². The Bertz CT molecular complexity index is 1380. The molecule has 0 unspecified atom stereocenters. The maximum atomic E-state index is 12.7. The van der Waals surface area contributed by atoms with E-state index in [2.05, 4.69) is 31.1 Å². The van der Waals surface area contributed by atoms with Crippen LogP contribution in [0.4, 0.5) is 5.69 Å². The van der Waals surface area contributed by atoms with Crippen molar-refractivity contribution in [2.45, 2.75) is 58.3 Å². The molecule has 0 bridgehead atoms. The summed E-state index contributed by atoms with van der Waals surface area (Å²) in [4.78, 5) is 28.5. The van der Waals surface area contributed by atoms with Crippen molar-refractivity contribution >= 4 is 28.6 Å². The molecule has 0 aliphatic carbocycles. The van der Waals surface area contributed by atoms with Crippen molar-refractivity contribution in [3.05, 3.63) is 65.8 Å². The summed E-state index contributed by atoms with van der Waals surface area (Å²) in [7, 11) is 0. The number of carbonyl (C=O) groups is 2. The summed E-state index contributed by atoms with van der Waals surface area (Å²) < 4.78 is 13.4. The molecule has 2 aromatic carbocycles. The number of nitrogens with two attached hydrogens (primary N) is 1. The Balaban J connectivity index is 1.41. The zero-order valence-electron chi connectivity index (χ0n) is 21.7. The molecule has 0 radical (unpaired) electrons. The quantitative estimate of drug-likeness (QED) is 0.255. The third-order valence-corrected chi connectivity index (χ3v) is 5.67. The molecule has 4 rings (SSSR count). The largest absolute Gasteiger partial charge is 0.441 e. The van der Waals surface area contributed by atoms with E-state index in [1.54, 1.807) is 36.7 Å². The van der Waals surface area contributed by atoms with Gasteiger partial charge >= 0.3 is 0 Å². The summed E-state index contributed by atoms with van der Waals surface area (Å²) in [6.07, 6.45) is 1.18. The molecule has 0 aliphatic rings. The van der Waals surface area contributed by atoms with Gasteiger partial charge in [-0.25, -0.2) is 9.67 Å². The lowest BCUT2D eigenvalue weighted by molar-refractivity contribution is -0.126. The number of aryl methyl sites for hydroxylation is 2. The fourth-order valence-electron chi connectivity index (χ4n) is 3.76. The van der Waals surface area contributed by atoms with Crippen molar-refractivity contribution in [2.24, 2.45) is 5.73 Å². The number of benzene rings is 2. The summed E-state index contributed by atoms with van der Waals surface area (Å²) in [5.74, 6) is 0.537. The average Bonchev–Trinajstić information content (AvgIpc) is 3.49. The minimum absolute atomic E-state index is 0.153. The van der Waals surface area contributed by atoms with E-state index < -0.39 is 11.6 Å². The average molecular weight is 521 g/mol. The Morgan fingerprint density at radius 2 is 1.97 bits per heavy atom. The van der Waals surface area contributed by atoms with Gasteiger partial charge in [0, 0.05) is 25.6 Å². The van der Waals surface area contributed by atoms with Crippen molar-refractivity contribution in [3.63, 3.8) is 0 Å². The van der Waals surface area contributed by atoms with Crippen LogP contribution in [0.1, 0.15) is 50.5 Å². The second-order valence-corrected chi connectivity index (χ2v) is 9.58. The molecule has 0 fully saturated rings. The molecule has 12 nitrogen and oxygen atoms in total. The van der Waals surface area contributed by atoms with Crippen LogP contribution in [0.3, 0.4) is 0 Å². The van der Waals surface area contributed by atoms with Crippen LogP contribution >= 0.6 is 0 Å². The molecule has 2 amide bonds. The number of aromatic nitrogens is 5. The minimum atomic E-state index is -1.08. The number of nitrogens with zero attached hydrogens (tertiary/aromatic N) is 5. The summed E-state index contributed by atoms with van der Waals surface area (Å²) in [6, 6.07) is 14.5. The second kappa shape index (κ2) is 11.9. The van der Waals surface area contributed by atoms with E-state index in [1.807, 2.05) is 30.3 Å². The number of rotatable bonds is 12. The number of ether oxygens (including phenoxy) is 1. The predicted molar refractivity (Wildman–Crippen MR) is 140 cm³/mol. The van der Waals surface area contributed by atoms with Gasteiger partial charge in [-0.2, -0.15) is 0 Å².